The second-order valence-corrected chi connectivity index (χ2v) is 9.84. The fraction of sp³-hybridized carbons (Fsp3) is 0.240. The van der Waals surface area contributed by atoms with Gasteiger partial charge < -0.3 is 14.8 Å². The van der Waals surface area contributed by atoms with E-state index in [0.29, 0.717) is 35.2 Å². The van der Waals surface area contributed by atoms with Gasteiger partial charge in [0.25, 0.3) is 10.0 Å². The maximum Gasteiger partial charge on any atom is 0.264 e. The first-order valence-corrected chi connectivity index (χ1v) is 12.4. The summed E-state index contributed by atoms with van der Waals surface area (Å²) in [6.07, 6.45) is 0.542. The van der Waals surface area contributed by atoms with Crippen molar-refractivity contribution in [3.8, 4) is 11.5 Å². The van der Waals surface area contributed by atoms with Crippen LogP contribution in [0.15, 0.2) is 71.6 Å². The van der Waals surface area contributed by atoms with Crippen LogP contribution in [0.1, 0.15) is 11.1 Å². The molecule has 9 heteroatoms. The minimum atomic E-state index is -4.00. The highest BCUT2D eigenvalue weighted by molar-refractivity contribution is 7.92. The minimum Gasteiger partial charge on any atom is -0.493 e. The molecule has 1 N–H and O–H groups in total. The summed E-state index contributed by atoms with van der Waals surface area (Å²) < 4.78 is 38.5. The van der Waals surface area contributed by atoms with Gasteiger partial charge in [0.1, 0.15) is 6.54 Å². The van der Waals surface area contributed by atoms with Crippen molar-refractivity contribution in [2.75, 3.05) is 31.6 Å². The number of carbonyl (C=O) groups is 1. The molecule has 0 radical (unpaired) electrons. The lowest BCUT2D eigenvalue weighted by molar-refractivity contribution is -0.119. The number of anilines is 1. The first-order valence-electron chi connectivity index (χ1n) is 10.6. The van der Waals surface area contributed by atoms with Crippen LogP contribution < -0.4 is 19.1 Å². The van der Waals surface area contributed by atoms with Crippen LogP contribution in [0.4, 0.5) is 5.69 Å². The number of ether oxygens (including phenoxy) is 2. The van der Waals surface area contributed by atoms with Crippen LogP contribution in [0.2, 0.25) is 5.02 Å². The number of para-hydroxylation sites is 1. The van der Waals surface area contributed by atoms with E-state index in [1.54, 1.807) is 45.4 Å². The molecular formula is C25H27ClN2O5S. The lowest BCUT2D eigenvalue weighted by Crippen LogP contribution is -2.41. The van der Waals surface area contributed by atoms with Gasteiger partial charge in [-0.1, -0.05) is 35.9 Å². The molecule has 7 nitrogen and oxygen atoms in total. The van der Waals surface area contributed by atoms with Gasteiger partial charge in [-0.05, 0) is 66.9 Å². The van der Waals surface area contributed by atoms with Crippen molar-refractivity contribution >= 4 is 33.2 Å². The topological polar surface area (TPSA) is 84.9 Å². The third-order valence-electron chi connectivity index (χ3n) is 5.26. The molecule has 0 atom stereocenters. The molecule has 3 aromatic carbocycles. The van der Waals surface area contributed by atoms with Crippen molar-refractivity contribution in [3.05, 3.63) is 82.9 Å². The van der Waals surface area contributed by atoms with Gasteiger partial charge >= 0.3 is 0 Å². The van der Waals surface area contributed by atoms with Gasteiger partial charge in [0.15, 0.2) is 11.5 Å². The van der Waals surface area contributed by atoms with E-state index in [4.69, 9.17) is 21.1 Å². The van der Waals surface area contributed by atoms with Crippen LogP contribution in [0.5, 0.6) is 11.5 Å². The molecule has 0 aliphatic heterocycles. The van der Waals surface area contributed by atoms with Crippen molar-refractivity contribution in [1.82, 2.24) is 5.32 Å². The normalized spacial score (nSPS) is 11.1. The highest BCUT2D eigenvalue weighted by Crippen LogP contribution is 2.28. The van der Waals surface area contributed by atoms with Crippen molar-refractivity contribution < 1.29 is 22.7 Å². The number of halogens is 1. The van der Waals surface area contributed by atoms with Gasteiger partial charge in [0, 0.05) is 11.6 Å². The summed E-state index contributed by atoms with van der Waals surface area (Å²) in [6, 6.07) is 18.4. The van der Waals surface area contributed by atoms with E-state index in [-0.39, 0.29) is 11.4 Å². The Bertz CT molecular complexity index is 1250. The Hall–Kier alpha value is -3.23. The lowest BCUT2D eigenvalue weighted by atomic mass is 10.1. The summed E-state index contributed by atoms with van der Waals surface area (Å²) in [6.45, 7) is 1.77. The molecule has 0 fully saturated rings. The van der Waals surface area contributed by atoms with Crippen LogP contribution in [0, 0.1) is 6.92 Å². The summed E-state index contributed by atoms with van der Waals surface area (Å²) in [5, 5.41) is 3.24. The van der Waals surface area contributed by atoms with Crippen LogP contribution in [0.25, 0.3) is 0 Å². The van der Waals surface area contributed by atoms with Gasteiger partial charge in [-0.3, -0.25) is 9.10 Å². The van der Waals surface area contributed by atoms with E-state index in [2.05, 4.69) is 5.32 Å². The van der Waals surface area contributed by atoms with Crippen LogP contribution >= 0.6 is 11.6 Å². The molecule has 0 saturated carbocycles. The Kier molecular flexibility index (Phi) is 8.41. The van der Waals surface area contributed by atoms with E-state index in [0.717, 1.165) is 15.4 Å². The largest absolute Gasteiger partial charge is 0.493 e. The number of nitrogens with zero attached hydrogens (tertiary/aromatic N) is 1. The molecule has 0 aliphatic rings. The summed E-state index contributed by atoms with van der Waals surface area (Å²) >= 11 is 5.92. The molecule has 1 amide bonds. The number of amides is 1. The zero-order valence-corrected chi connectivity index (χ0v) is 20.8. The van der Waals surface area contributed by atoms with Gasteiger partial charge in [-0.2, -0.15) is 0 Å². The zero-order chi connectivity index (χ0) is 24.7. The molecule has 0 heterocycles. The first kappa shape index (κ1) is 25.4. The summed E-state index contributed by atoms with van der Waals surface area (Å²) in [7, 11) is -0.873. The van der Waals surface area contributed by atoms with Gasteiger partial charge in [0.2, 0.25) is 5.91 Å². The number of nitrogens with one attached hydrogen (secondary N) is 1. The maximum atomic E-state index is 13.4. The molecule has 0 spiro atoms. The Labute approximate surface area is 205 Å². The molecule has 3 aromatic rings. The van der Waals surface area contributed by atoms with Gasteiger partial charge in [-0.15, -0.1) is 0 Å². The van der Waals surface area contributed by atoms with Gasteiger partial charge in [-0.25, -0.2) is 8.42 Å². The van der Waals surface area contributed by atoms with Gasteiger partial charge in [0.05, 0.1) is 24.8 Å². The third-order valence-corrected chi connectivity index (χ3v) is 7.28. The smallest absolute Gasteiger partial charge is 0.264 e. The molecule has 180 valence electrons. The summed E-state index contributed by atoms with van der Waals surface area (Å²) in [5.74, 6) is 0.809. The fourth-order valence-corrected chi connectivity index (χ4v) is 5.06. The maximum absolute atomic E-state index is 13.4. The average molecular weight is 503 g/mol. The Balaban J connectivity index is 1.76. The minimum absolute atomic E-state index is 0.0540. The number of hydrogen-bond acceptors (Lipinski definition) is 5. The predicted molar refractivity (Wildman–Crippen MR) is 133 cm³/mol. The highest BCUT2D eigenvalue weighted by atomic mass is 35.5. The van der Waals surface area contributed by atoms with Crippen molar-refractivity contribution in [1.29, 1.82) is 0 Å². The number of sulfonamides is 1. The molecule has 3 rings (SSSR count). The highest BCUT2D eigenvalue weighted by Gasteiger charge is 2.28. The SMILES string of the molecule is COc1ccc(CCNC(=O)CN(c2ccccc2C)S(=O)(=O)c2ccc(Cl)cc2)cc1OC. The third kappa shape index (κ3) is 6.01. The number of carbonyl (C=O) groups excluding carboxylic acids is 1. The van der Waals surface area contributed by atoms with E-state index >= 15 is 0 Å². The molecule has 0 unspecified atom stereocenters. The van der Waals surface area contributed by atoms with Crippen molar-refractivity contribution in [2.45, 2.75) is 18.2 Å². The average Bonchev–Trinajstić information content (AvgIpc) is 2.83. The number of aryl methyl sites for hydroxylation is 1. The molecule has 0 aliphatic carbocycles. The van der Waals surface area contributed by atoms with Crippen molar-refractivity contribution in [2.24, 2.45) is 0 Å². The second-order valence-electron chi connectivity index (χ2n) is 7.54. The molecular weight excluding hydrogens is 476 g/mol. The molecule has 0 saturated heterocycles. The number of hydrogen-bond donors (Lipinski definition) is 1. The zero-order valence-electron chi connectivity index (χ0n) is 19.2. The van der Waals surface area contributed by atoms with E-state index < -0.39 is 15.9 Å². The van der Waals surface area contributed by atoms with E-state index in [1.807, 2.05) is 18.2 Å². The Morgan fingerprint density at radius 2 is 1.65 bits per heavy atom. The Morgan fingerprint density at radius 1 is 0.971 bits per heavy atom. The number of methoxy groups -OCH3 is 2. The Morgan fingerprint density at radius 3 is 2.29 bits per heavy atom. The standard InChI is InChI=1S/C25H27ClN2O5S/c1-18-6-4-5-7-22(18)28(34(30,31)21-11-9-20(26)10-12-21)17-25(29)27-15-14-19-8-13-23(32-2)24(16-19)33-3/h4-13,16H,14-15,17H2,1-3H3,(H,27,29). The quantitative estimate of drug-likeness (QED) is 0.448. The first-order chi connectivity index (χ1) is 16.3. The monoisotopic (exact) mass is 502 g/mol. The second kappa shape index (κ2) is 11.3. The summed E-state index contributed by atoms with van der Waals surface area (Å²) in [4.78, 5) is 12.9. The van der Waals surface area contributed by atoms with Crippen LogP contribution in [-0.4, -0.2) is 41.6 Å². The predicted octanol–water partition coefficient (Wildman–Crippen LogP) is 4.22. The van der Waals surface area contributed by atoms with Crippen LogP contribution in [-0.2, 0) is 21.2 Å². The fourth-order valence-electron chi connectivity index (χ4n) is 3.45. The molecule has 0 bridgehead atoms. The molecule has 0 aromatic heterocycles. The van der Waals surface area contributed by atoms with Crippen molar-refractivity contribution in [3.63, 3.8) is 0 Å². The summed E-state index contributed by atoms with van der Waals surface area (Å²) in [5.41, 5.74) is 2.12. The number of benzene rings is 3. The van der Waals surface area contributed by atoms with E-state index in [9.17, 15) is 13.2 Å². The number of rotatable bonds is 10. The molecule has 34 heavy (non-hydrogen) atoms. The van der Waals surface area contributed by atoms with E-state index in [1.165, 1.54) is 24.3 Å². The van der Waals surface area contributed by atoms with Crippen LogP contribution in [0.3, 0.4) is 0 Å². The lowest BCUT2D eigenvalue weighted by Gasteiger charge is -2.25.